The van der Waals surface area contributed by atoms with Gasteiger partial charge in [0.1, 0.15) is 0 Å². The summed E-state index contributed by atoms with van der Waals surface area (Å²) in [6.07, 6.45) is 5.80. The fourth-order valence-electron chi connectivity index (χ4n) is 7.52. The fraction of sp³-hybridized carbons (Fsp3) is 0.130. The van der Waals surface area contributed by atoms with E-state index in [2.05, 4.69) is 207 Å². The van der Waals surface area contributed by atoms with Crippen molar-refractivity contribution in [3.8, 4) is 0 Å². The molecule has 49 heavy (non-hydrogen) atoms. The molecule has 6 aromatic rings. The van der Waals surface area contributed by atoms with Gasteiger partial charge in [0, 0.05) is 42.7 Å². The van der Waals surface area contributed by atoms with Gasteiger partial charge in [-0.3, -0.25) is 0 Å². The quantitative estimate of drug-likeness (QED) is 0.158. The Morgan fingerprint density at radius 3 is 1.35 bits per heavy atom. The Morgan fingerprint density at radius 2 is 0.898 bits per heavy atom. The highest BCUT2D eigenvalue weighted by atomic mass is 28.3. The molecule has 0 aromatic heterocycles. The van der Waals surface area contributed by atoms with Crippen LogP contribution in [0.2, 0.25) is 13.1 Å². The zero-order valence-electron chi connectivity index (χ0n) is 28.9. The summed E-state index contributed by atoms with van der Waals surface area (Å²) in [5.41, 5.74) is 16.6. The van der Waals surface area contributed by atoms with E-state index in [0.29, 0.717) is 5.54 Å². The van der Waals surface area contributed by atoms with Crippen LogP contribution in [0.15, 0.2) is 169 Å². The lowest BCUT2D eigenvalue weighted by Gasteiger charge is -2.28. The highest BCUT2D eigenvalue weighted by Gasteiger charge is 2.29. The second-order valence-electron chi connectivity index (χ2n) is 13.4. The van der Waals surface area contributed by atoms with Gasteiger partial charge >= 0.3 is 0 Å². The smallest absolute Gasteiger partial charge is 0.0536 e. The summed E-state index contributed by atoms with van der Waals surface area (Å²) < 4.78 is 0. The molecule has 1 unspecified atom stereocenters. The van der Waals surface area contributed by atoms with Gasteiger partial charge in [0.2, 0.25) is 0 Å². The Kier molecular flexibility index (Phi) is 9.45. The van der Waals surface area contributed by atoms with E-state index in [1.807, 2.05) is 0 Å². The minimum absolute atomic E-state index is 0.651. The van der Waals surface area contributed by atoms with Gasteiger partial charge in [-0.15, -0.1) is 0 Å². The molecule has 2 aliphatic carbocycles. The zero-order chi connectivity index (χ0) is 33.7. The Labute approximate surface area is 293 Å². The van der Waals surface area contributed by atoms with Crippen molar-refractivity contribution in [2.45, 2.75) is 38.9 Å². The summed E-state index contributed by atoms with van der Waals surface area (Å²) in [6.45, 7) is 9.42. The molecule has 0 aliphatic heterocycles. The van der Waals surface area contributed by atoms with Crippen molar-refractivity contribution < 1.29 is 0 Å². The average Bonchev–Trinajstić information content (AvgIpc) is 3.70. The molecule has 2 aliphatic rings. The largest absolute Gasteiger partial charge is 0.310 e. The lowest BCUT2D eigenvalue weighted by molar-refractivity contribution is 1.10. The molecule has 1 atom stereocenters. The third-order valence-corrected chi connectivity index (χ3v) is 11.8. The molecule has 0 radical (unpaired) electrons. The van der Waals surface area contributed by atoms with Crippen LogP contribution in [-0.2, 0) is 6.42 Å². The maximum atomic E-state index is 2.45. The van der Waals surface area contributed by atoms with E-state index in [1.54, 1.807) is 0 Å². The van der Waals surface area contributed by atoms with E-state index in [4.69, 9.17) is 0 Å². The van der Waals surface area contributed by atoms with Crippen LogP contribution in [-0.4, -0.2) is 8.80 Å². The van der Waals surface area contributed by atoms with Gasteiger partial charge in [-0.05, 0) is 97.6 Å². The second-order valence-corrected chi connectivity index (χ2v) is 16.6. The standard InChI is InChI=1S/C24H25NSi.C22H19N/c1-18-17-22-21(24(18)26(2)3)15-10-16-23(22)25(19-11-6-4-7-12-19)20-13-8-5-9-14-20;1-17-15-18-9-8-14-22(21(18)16-17)23(19-10-4-2-5-11-19)20-12-6-3-7-13-20/h4-17,24,26H,1-3H3;2-14,16H,15H2,1H3. The molecule has 0 saturated carbocycles. The van der Waals surface area contributed by atoms with Crippen LogP contribution in [0, 0.1) is 0 Å². The summed E-state index contributed by atoms with van der Waals surface area (Å²) >= 11 is 0. The fourth-order valence-corrected chi connectivity index (χ4v) is 9.67. The summed E-state index contributed by atoms with van der Waals surface area (Å²) in [5, 5.41) is 0. The number of rotatable bonds is 7. The van der Waals surface area contributed by atoms with E-state index in [1.165, 1.54) is 67.5 Å². The molecular formula is C46H44N2Si. The molecule has 2 nitrogen and oxygen atoms in total. The number of hydrogen-bond donors (Lipinski definition) is 0. The molecule has 8 rings (SSSR count). The normalized spacial score (nSPS) is 14.3. The number of hydrogen-bond acceptors (Lipinski definition) is 2. The first-order valence-corrected chi connectivity index (χ1v) is 20.4. The van der Waals surface area contributed by atoms with Crippen molar-refractivity contribution in [2.24, 2.45) is 0 Å². The summed E-state index contributed by atoms with van der Waals surface area (Å²) in [5.74, 6) is 0. The van der Waals surface area contributed by atoms with Crippen molar-refractivity contribution in [2.75, 3.05) is 9.80 Å². The van der Waals surface area contributed by atoms with Gasteiger partial charge in [0.25, 0.3) is 0 Å². The van der Waals surface area contributed by atoms with Crippen LogP contribution in [0.1, 0.15) is 41.6 Å². The van der Waals surface area contributed by atoms with E-state index in [-0.39, 0.29) is 0 Å². The molecule has 0 heterocycles. The Hall–Kier alpha value is -5.38. The van der Waals surface area contributed by atoms with Crippen LogP contribution in [0.3, 0.4) is 0 Å². The number of para-hydroxylation sites is 4. The molecule has 0 amide bonds. The number of nitrogens with zero attached hydrogens (tertiary/aromatic N) is 2. The number of allylic oxidation sites excluding steroid dienone is 2. The Morgan fingerprint density at radius 1 is 0.469 bits per heavy atom. The molecular weight excluding hydrogens is 609 g/mol. The predicted molar refractivity (Wildman–Crippen MR) is 215 cm³/mol. The van der Waals surface area contributed by atoms with Crippen molar-refractivity contribution in [1.82, 2.24) is 0 Å². The van der Waals surface area contributed by atoms with E-state index in [9.17, 15) is 0 Å². The molecule has 242 valence electrons. The molecule has 6 aromatic carbocycles. The monoisotopic (exact) mass is 652 g/mol. The number of anilines is 6. The van der Waals surface area contributed by atoms with Gasteiger partial charge in [0.15, 0.2) is 0 Å². The van der Waals surface area contributed by atoms with Crippen molar-refractivity contribution in [3.63, 3.8) is 0 Å². The Balaban J connectivity index is 0.000000155. The lowest BCUT2D eigenvalue weighted by atomic mass is 10.0. The molecule has 0 spiro atoms. The first kappa shape index (κ1) is 32.2. The minimum atomic E-state index is -0.804. The average molecular weight is 653 g/mol. The van der Waals surface area contributed by atoms with E-state index < -0.39 is 8.80 Å². The maximum Gasteiger partial charge on any atom is 0.0536 e. The maximum absolute atomic E-state index is 2.45. The van der Waals surface area contributed by atoms with Gasteiger partial charge in [0.05, 0.1) is 11.4 Å². The molecule has 0 fully saturated rings. The third-order valence-electron chi connectivity index (χ3n) is 9.55. The van der Waals surface area contributed by atoms with Gasteiger partial charge in [-0.2, -0.15) is 0 Å². The van der Waals surface area contributed by atoms with Gasteiger partial charge in [-0.25, -0.2) is 0 Å². The van der Waals surface area contributed by atoms with Crippen LogP contribution in [0.25, 0.3) is 12.2 Å². The predicted octanol–water partition coefficient (Wildman–Crippen LogP) is 12.8. The molecule has 3 heteroatoms. The minimum Gasteiger partial charge on any atom is -0.310 e. The van der Waals surface area contributed by atoms with Crippen LogP contribution < -0.4 is 9.80 Å². The summed E-state index contributed by atoms with van der Waals surface area (Å²) in [7, 11) is -0.804. The van der Waals surface area contributed by atoms with E-state index >= 15 is 0 Å². The second kappa shape index (κ2) is 14.4. The van der Waals surface area contributed by atoms with Gasteiger partial charge in [-0.1, -0.05) is 133 Å². The van der Waals surface area contributed by atoms with E-state index in [0.717, 1.165) is 6.42 Å². The molecule has 0 saturated heterocycles. The van der Waals surface area contributed by atoms with Crippen molar-refractivity contribution in [1.29, 1.82) is 0 Å². The van der Waals surface area contributed by atoms with Crippen molar-refractivity contribution >= 4 is 55.1 Å². The Bertz CT molecular complexity index is 2010. The highest BCUT2D eigenvalue weighted by molar-refractivity contribution is 6.58. The van der Waals surface area contributed by atoms with Crippen LogP contribution in [0.4, 0.5) is 34.1 Å². The molecule has 0 bridgehead atoms. The first-order valence-electron chi connectivity index (χ1n) is 17.4. The van der Waals surface area contributed by atoms with Crippen molar-refractivity contribution in [3.05, 3.63) is 191 Å². The van der Waals surface area contributed by atoms with Gasteiger partial charge < -0.3 is 9.80 Å². The van der Waals surface area contributed by atoms with Crippen LogP contribution in [0.5, 0.6) is 0 Å². The number of benzene rings is 6. The SMILES string of the molecule is CC1=Cc2c(cccc2N(c2ccccc2)c2ccccc2)C1.CC1=Cc2c(cccc2N(c2ccccc2)c2ccccc2)C1[SiH](C)C. The zero-order valence-corrected chi connectivity index (χ0v) is 30.1. The topological polar surface area (TPSA) is 6.48 Å². The van der Waals surface area contributed by atoms with Crippen LogP contribution >= 0.6 is 0 Å². The molecule has 0 N–H and O–H groups in total. The summed E-state index contributed by atoms with van der Waals surface area (Å²) in [6, 6.07) is 55.9. The highest BCUT2D eigenvalue weighted by Crippen LogP contribution is 2.46. The first-order chi connectivity index (χ1) is 24.0. The summed E-state index contributed by atoms with van der Waals surface area (Å²) in [4.78, 5) is 4.72. The third kappa shape index (κ3) is 6.68. The number of fused-ring (bicyclic) bond motifs is 2. The lowest BCUT2D eigenvalue weighted by Crippen LogP contribution is -2.16.